The lowest BCUT2D eigenvalue weighted by Gasteiger charge is -2.24. The van der Waals surface area contributed by atoms with E-state index in [-0.39, 0.29) is 11.8 Å². The third-order valence-electron chi connectivity index (χ3n) is 2.66. The molecule has 0 bridgehead atoms. The monoisotopic (exact) mass is 257 g/mol. The highest BCUT2D eigenvalue weighted by Gasteiger charge is 2.24. The van der Waals surface area contributed by atoms with E-state index < -0.39 is 12.1 Å². The molecule has 0 spiro atoms. The summed E-state index contributed by atoms with van der Waals surface area (Å²) in [6, 6.07) is -0.540. The van der Waals surface area contributed by atoms with Gasteiger partial charge in [0.15, 0.2) is 0 Å². The average Bonchev–Trinajstić information content (AvgIpc) is 2.36. The number of carbonyl (C=O) groups is 2. The Morgan fingerprint density at radius 3 is 2.67 bits per heavy atom. The maximum atomic E-state index is 11.8. The van der Waals surface area contributed by atoms with Crippen LogP contribution in [0.15, 0.2) is 0 Å². The van der Waals surface area contributed by atoms with Crippen LogP contribution >= 0.6 is 0 Å². The van der Waals surface area contributed by atoms with Crippen LogP contribution in [0.5, 0.6) is 0 Å². The first-order valence-corrected chi connectivity index (χ1v) is 6.41. The van der Waals surface area contributed by atoms with Gasteiger partial charge < -0.3 is 20.7 Å². The van der Waals surface area contributed by atoms with Crippen LogP contribution in [-0.4, -0.2) is 50.2 Å². The minimum absolute atomic E-state index is 0.166. The van der Waals surface area contributed by atoms with Crippen LogP contribution in [-0.2, 0) is 14.3 Å². The Morgan fingerprint density at radius 2 is 2.11 bits per heavy atom. The molecule has 2 amide bonds. The first-order chi connectivity index (χ1) is 8.50. The van der Waals surface area contributed by atoms with E-state index in [9.17, 15) is 9.59 Å². The van der Waals surface area contributed by atoms with Gasteiger partial charge in [-0.3, -0.25) is 9.59 Å². The molecule has 2 unspecified atom stereocenters. The predicted molar refractivity (Wildman–Crippen MR) is 68.1 cm³/mol. The van der Waals surface area contributed by atoms with Crippen LogP contribution in [0.2, 0.25) is 0 Å². The lowest BCUT2D eigenvalue weighted by atomic mass is 10.2. The van der Waals surface area contributed by atoms with Crippen molar-refractivity contribution < 1.29 is 14.3 Å². The first-order valence-electron chi connectivity index (χ1n) is 6.41. The van der Waals surface area contributed by atoms with E-state index in [0.717, 1.165) is 6.54 Å². The maximum absolute atomic E-state index is 11.8. The van der Waals surface area contributed by atoms with Gasteiger partial charge in [-0.15, -0.1) is 0 Å². The molecule has 3 N–H and O–H groups in total. The van der Waals surface area contributed by atoms with Crippen molar-refractivity contribution in [1.82, 2.24) is 16.0 Å². The molecule has 0 aromatic carbocycles. The van der Waals surface area contributed by atoms with E-state index in [1.165, 1.54) is 0 Å². The van der Waals surface area contributed by atoms with Crippen molar-refractivity contribution in [1.29, 1.82) is 0 Å². The lowest BCUT2D eigenvalue weighted by molar-refractivity contribution is -0.137. The number of rotatable bonds is 5. The Hall–Kier alpha value is -1.14. The Labute approximate surface area is 108 Å². The number of hydrogen-bond acceptors (Lipinski definition) is 4. The van der Waals surface area contributed by atoms with Crippen LogP contribution in [0.4, 0.5) is 0 Å². The maximum Gasteiger partial charge on any atom is 0.251 e. The van der Waals surface area contributed by atoms with Gasteiger partial charge in [0, 0.05) is 19.6 Å². The molecule has 0 aliphatic carbocycles. The highest BCUT2D eigenvalue weighted by atomic mass is 16.5. The van der Waals surface area contributed by atoms with E-state index in [1.54, 1.807) is 6.92 Å². The van der Waals surface area contributed by atoms with E-state index >= 15 is 0 Å². The summed E-state index contributed by atoms with van der Waals surface area (Å²) in [5.41, 5.74) is 0. The van der Waals surface area contributed by atoms with Crippen molar-refractivity contribution in [2.24, 2.45) is 5.92 Å². The lowest BCUT2D eigenvalue weighted by Crippen LogP contribution is -2.53. The van der Waals surface area contributed by atoms with Gasteiger partial charge in [-0.05, 0) is 12.8 Å². The molecule has 6 heteroatoms. The molecule has 1 aliphatic heterocycles. The summed E-state index contributed by atoms with van der Waals surface area (Å²) >= 11 is 0. The summed E-state index contributed by atoms with van der Waals surface area (Å²) in [5.74, 6) is -0.0158. The second-order valence-electron chi connectivity index (χ2n) is 4.93. The van der Waals surface area contributed by atoms with Gasteiger partial charge in [-0.1, -0.05) is 13.8 Å². The van der Waals surface area contributed by atoms with Crippen LogP contribution in [0.1, 0.15) is 20.8 Å². The van der Waals surface area contributed by atoms with Crippen LogP contribution in [0.25, 0.3) is 0 Å². The van der Waals surface area contributed by atoms with Crippen molar-refractivity contribution in [3.63, 3.8) is 0 Å². The van der Waals surface area contributed by atoms with Gasteiger partial charge in [-0.2, -0.15) is 0 Å². The molecule has 1 heterocycles. The number of carbonyl (C=O) groups excluding carboxylic acids is 2. The van der Waals surface area contributed by atoms with Crippen LogP contribution < -0.4 is 16.0 Å². The summed E-state index contributed by atoms with van der Waals surface area (Å²) in [5, 5.41) is 8.51. The van der Waals surface area contributed by atoms with E-state index in [1.807, 2.05) is 13.8 Å². The predicted octanol–water partition coefficient (Wildman–Crippen LogP) is -0.748. The van der Waals surface area contributed by atoms with Gasteiger partial charge in [-0.25, -0.2) is 0 Å². The second kappa shape index (κ2) is 7.33. The Bertz CT molecular complexity index is 288. The van der Waals surface area contributed by atoms with Crippen molar-refractivity contribution in [3.8, 4) is 0 Å². The largest absolute Gasteiger partial charge is 0.366 e. The van der Waals surface area contributed by atoms with E-state index in [0.29, 0.717) is 25.6 Å². The normalized spacial score (nSPS) is 21.4. The quantitative estimate of drug-likeness (QED) is 0.605. The highest BCUT2D eigenvalue weighted by Crippen LogP contribution is 1.97. The van der Waals surface area contributed by atoms with Gasteiger partial charge in [0.05, 0.1) is 6.61 Å². The third kappa shape index (κ3) is 5.01. The second-order valence-corrected chi connectivity index (χ2v) is 4.93. The number of amides is 2. The number of nitrogens with one attached hydrogen (secondary N) is 3. The van der Waals surface area contributed by atoms with Gasteiger partial charge in [0.25, 0.3) is 5.91 Å². The van der Waals surface area contributed by atoms with Crippen molar-refractivity contribution in [3.05, 3.63) is 0 Å². The molecule has 0 radical (unpaired) electrons. The molecule has 1 saturated heterocycles. The zero-order chi connectivity index (χ0) is 13.5. The van der Waals surface area contributed by atoms with Crippen LogP contribution in [0, 0.1) is 5.92 Å². The number of hydrogen-bond donors (Lipinski definition) is 3. The fraction of sp³-hybridized carbons (Fsp3) is 0.833. The van der Waals surface area contributed by atoms with E-state index in [2.05, 4.69) is 16.0 Å². The summed E-state index contributed by atoms with van der Waals surface area (Å²) in [7, 11) is 0. The molecule has 1 fully saturated rings. The first kappa shape index (κ1) is 14.9. The van der Waals surface area contributed by atoms with Gasteiger partial charge in [0.1, 0.15) is 12.1 Å². The fourth-order valence-corrected chi connectivity index (χ4v) is 1.56. The average molecular weight is 257 g/mol. The van der Waals surface area contributed by atoms with Gasteiger partial charge >= 0.3 is 0 Å². The van der Waals surface area contributed by atoms with E-state index in [4.69, 9.17) is 4.74 Å². The molecule has 2 atom stereocenters. The topological polar surface area (TPSA) is 79.5 Å². The molecule has 0 aromatic rings. The number of morpholine rings is 1. The summed E-state index contributed by atoms with van der Waals surface area (Å²) in [6.07, 6.45) is -0.501. The standard InChI is InChI=1S/C12H23N3O3/c1-8(2)6-14-11(16)9(3)15-12(17)10-7-13-4-5-18-10/h8-10,13H,4-7H2,1-3H3,(H,14,16)(H,15,17). The number of ether oxygens (including phenoxy) is 1. The summed E-state index contributed by atoms with van der Waals surface area (Å²) in [4.78, 5) is 23.5. The summed E-state index contributed by atoms with van der Waals surface area (Å²) < 4.78 is 5.31. The van der Waals surface area contributed by atoms with Crippen molar-refractivity contribution in [2.45, 2.75) is 32.9 Å². The molecular formula is C12H23N3O3. The van der Waals surface area contributed by atoms with Crippen molar-refractivity contribution in [2.75, 3.05) is 26.2 Å². The molecule has 0 aromatic heterocycles. The fourth-order valence-electron chi connectivity index (χ4n) is 1.56. The zero-order valence-electron chi connectivity index (χ0n) is 11.3. The molecule has 1 rings (SSSR count). The van der Waals surface area contributed by atoms with Gasteiger partial charge in [0.2, 0.25) is 5.91 Å². The Balaban J connectivity index is 2.31. The molecule has 18 heavy (non-hydrogen) atoms. The minimum atomic E-state index is -0.540. The summed E-state index contributed by atoms with van der Waals surface area (Å²) in [6.45, 7) is 8.09. The Morgan fingerprint density at radius 1 is 1.39 bits per heavy atom. The smallest absolute Gasteiger partial charge is 0.251 e. The molecule has 0 saturated carbocycles. The third-order valence-corrected chi connectivity index (χ3v) is 2.66. The Kier molecular flexibility index (Phi) is 6.07. The zero-order valence-corrected chi connectivity index (χ0v) is 11.3. The minimum Gasteiger partial charge on any atom is -0.366 e. The van der Waals surface area contributed by atoms with Crippen LogP contribution in [0.3, 0.4) is 0 Å². The molecule has 104 valence electrons. The molecule has 6 nitrogen and oxygen atoms in total. The highest BCUT2D eigenvalue weighted by molar-refractivity contribution is 5.89. The molecular weight excluding hydrogens is 234 g/mol. The van der Waals surface area contributed by atoms with Crippen molar-refractivity contribution >= 4 is 11.8 Å². The SMILES string of the molecule is CC(C)CNC(=O)C(C)NC(=O)C1CNCCO1. The molecule has 1 aliphatic rings.